The summed E-state index contributed by atoms with van der Waals surface area (Å²) < 4.78 is 15.0. The minimum Gasteiger partial charge on any atom is -0.381 e. The molecule has 8 heavy (non-hydrogen) atoms. The Kier molecular flexibility index (Phi) is 5.81. The summed E-state index contributed by atoms with van der Waals surface area (Å²) in [6, 6.07) is 0. The van der Waals surface area contributed by atoms with Gasteiger partial charge in [-0.1, -0.05) is 0 Å². The van der Waals surface area contributed by atoms with Crippen LogP contribution in [0.15, 0.2) is 0 Å². The molecular formula is C4H9ClO2S. The number of hydrogen-bond acceptors (Lipinski definition) is 2. The highest BCUT2D eigenvalue weighted by Crippen LogP contribution is 1.87. The van der Waals surface area contributed by atoms with Crippen LogP contribution in [0.5, 0.6) is 0 Å². The summed E-state index contributed by atoms with van der Waals surface area (Å²) in [6.07, 6.45) is 0. The molecule has 0 radical (unpaired) electrons. The Hall–Kier alpha value is 0.400. The third kappa shape index (κ3) is 6.40. The third-order valence-corrected chi connectivity index (χ3v) is 1.54. The molecule has 0 amide bonds. The summed E-state index contributed by atoms with van der Waals surface area (Å²) in [7, 11) is 3.89. The molecule has 0 aromatic rings. The van der Waals surface area contributed by atoms with Gasteiger partial charge in [0.05, 0.1) is 12.4 Å². The van der Waals surface area contributed by atoms with Gasteiger partial charge in [0, 0.05) is 6.61 Å². The Balaban J connectivity index is 2.82. The van der Waals surface area contributed by atoms with Crippen LogP contribution >= 0.6 is 10.7 Å². The lowest BCUT2D eigenvalue weighted by Crippen LogP contribution is -2.00. The summed E-state index contributed by atoms with van der Waals surface area (Å²) >= 11 is 0. The number of rotatable bonds is 4. The van der Waals surface area contributed by atoms with Crippen LogP contribution in [0, 0.1) is 0 Å². The largest absolute Gasteiger partial charge is 0.381 e. The van der Waals surface area contributed by atoms with Crippen molar-refractivity contribution in [2.45, 2.75) is 6.92 Å². The van der Waals surface area contributed by atoms with Gasteiger partial charge in [-0.25, -0.2) is 4.21 Å². The predicted octanol–water partition coefficient (Wildman–Crippen LogP) is 0.925. The molecule has 0 fully saturated rings. The van der Waals surface area contributed by atoms with Crippen molar-refractivity contribution in [2.24, 2.45) is 0 Å². The Morgan fingerprint density at radius 2 is 2.38 bits per heavy atom. The molecule has 0 aliphatic heterocycles. The van der Waals surface area contributed by atoms with E-state index < -0.39 is 10.0 Å². The Bertz CT molecular complexity index is 76.4. The normalized spacial score (nSPS) is 13.8. The standard InChI is InChI=1S/C4H9ClO2S/c1-2-7-3-4-8(5)6/h2-4H2,1H3. The fourth-order valence-electron chi connectivity index (χ4n) is 0.269. The minimum absolute atomic E-state index is 0.426. The molecular weight excluding hydrogens is 148 g/mol. The van der Waals surface area contributed by atoms with Crippen molar-refractivity contribution in [3.8, 4) is 0 Å². The van der Waals surface area contributed by atoms with Crippen LogP contribution in [0.3, 0.4) is 0 Å². The first-order valence-electron chi connectivity index (χ1n) is 2.39. The van der Waals surface area contributed by atoms with Gasteiger partial charge in [0.1, 0.15) is 10.0 Å². The molecule has 0 N–H and O–H groups in total. The van der Waals surface area contributed by atoms with Gasteiger partial charge in [-0.05, 0) is 17.6 Å². The van der Waals surface area contributed by atoms with E-state index in [1.165, 1.54) is 0 Å². The van der Waals surface area contributed by atoms with Gasteiger partial charge in [-0.15, -0.1) is 0 Å². The number of halogens is 1. The van der Waals surface area contributed by atoms with Crippen molar-refractivity contribution >= 4 is 20.7 Å². The van der Waals surface area contributed by atoms with Crippen molar-refractivity contribution in [1.29, 1.82) is 0 Å². The highest BCUT2D eigenvalue weighted by Gasteiger charge is 1.90. The van der Waals surface area contributed by atoms with Crippen LogP contribution in [0.4, 0.5) is 0 Å². The quantitative estimate of drug-likeness (QED) is 0.447. The average molecular weight is 157 g/mol. The van der Waals surface area contributed by atoms with Crippen molar-refractivity contribution in [3.05, 3.63) is 0 Å². The smallest absolute Gasteiger partial charge is 0.117 e. The van der Waals surface area contributed by atoms with E-state index in [4.69, 9.17) is 15.4 Å². The van der Waals surface area contributed by atoms with Gasteiger partial charge < -0.3 is 4.74 Å². The second-order valence-electron chi connectivity index (χ2n) is 1.19. The molecule has 50 valence electrons. The number of ether oxygens (including phenoxy) is 1. The zero-order valence-electron chi connectivity index (χ0n) is 4.72. The summed E-state index contributed by atoms with van der Waals surface area (Å²) in [5, 5.41) is 0. The van der Waals surface area contributed by atoms with Gasteiger partial charge in [0.25, 0.3) is 0 Å². The molecule has 0 bridgehead atoms. The molecule has 1 atom stereocenters. The average Bonchev–Trinajstić information content (AvgIpc) is 1.66. The van der Waals surface area contributed by atoms with Gasteiger partial charge in [0.15, 0.2) is 0 Å². The Morgan fingerprint density at radius 3 is 2.75 bits per heavy atom. The van der Waals surface area contributed by atoms with Crippen LogP contribution in [-0.4, -0.2) is 23.2 Å². The van der Waals surface area contributed by atoms with E-state index in [0.29, 0.717) is 19.0 Å². The summed E-state index contributed by atoms with van der Waals surface area (Å²) in [6.45, 7) is 3.04. The van der Waals surface area contributed by atoms with Crippen LogP contribution in [0.25, 0.3) is 0 Å². The van der Waals surface area contributed by atoms with Crippen LogP contribution in [0.1, 0.15) is 6.92 Å². The van der Waals surface area contributed by atoms with Crippen molar-refractivity contribution in [2.75, 3.05) is 19.0 Å². The van der Waals surface area contributed by atoms with E-state index in [9.17, 15) is 4.21 Å². The maximum Gasteiger partial charge on any atom is 0.117 e. The van der Waals surface area contributed by atoms with Gasteiger partial charge in [-0.3, -0.25) is 0 Å². The lowest BCUT2D eigenvalue weighted by Gasteiger charge is -1.93. The topological polar surface area (TPSA) is 26.3 Å². The first-order valence-corrected chi connectivity index (χ1v) is 4.54. The molecule has 0 saturated carbocycles. The van der Waals surface area contributed by atoms with Crippen LogP contribution in [-0.2, 0) is 14.7 Å². The molecule has 4 heteroatoms. The molecule has 0 aliphatic rings. The second-order valence-corrected chi connectivity index (χ2v) is 3.21. The monoisotopic (exact) mass is 156 g/mol. The summed E-state index contributed by atoms with van der Waals surface area (Å²) in [5.74, 6) is 0.426. The van der Waals surface area contributed by atoms with E-state index in [1.807, 2.05) is 6.92 Å². The third-order valence-electron chi connectivity index (χ3n) is 0.592. The number of hydrogen-bond donors (Lipinski definition) is 0. The molecule has 0 heterocycles. The van der Waals surface area contributed by atoms with E-state index in [2.05, 4.69) is 0 Å². The van der Waals surface area contributed by atoms with Crippen LogP contribution < -0.4 is 0 Å². The lowest BCUT2D eigenvalue weighted by atomic mass is 10.8. The molecule has 0 rings (SSSR count). The highest BCUT2D eigenvalue weighted by atomic mass is 35.7. The Morgan fingerprint density at radius 1 is 1.75 bits per heavy atom. The van der Waals surface area contributed by atoms with Gasteiger partial charge in [-0.2, -0.15) is 0 Å². The van der Waals surface area contributed by atoms with Crippen molar-refractivity contribution < 1.29 is 8.95 Å². The fraction of sp³-hybridized carbons (Fsp3) is 1.00. The summed E-state index contributed by atoms with van der Waals surface area (Å²) in [5.41, 5.74) is 0. The fourth-order valence-corrected chi connectivity index (χ4v) is 0.707. The molecule has 1 unspecified atom stereocenters. The first kappa shape index (κ1) is 8.40. The van der Waals surface area contributed by atoms with E-state index in [1.54, 1.807) is 0 Å². The van der Waals surface area contributed by atoms with Crippen molar-refractivity contribution in [1.82, 2.24) is 0 Å². The van der Waals surface area contributed by atoms with E-state index in [0.717, 1.165) is 0 Å². The van der Waals surface area contributed by atoms with E-state index in [-0.39, 0.29) is 0 Å². The predicted molar refractivity (Wildman–Crippen MR) is 35.4 cm³/mol. The SMILES string of the molecule is CCOCCS(=O)Cl. The molecule has 2 nitrogen and oxygen atoms in total. The zero-order valence-corrected chi connectivity index (χ0v) is 6.30. The maximum atomic E-state index is 10.1. The van der Waals surface area contributed by atoms with Gasteiger partial charge >= 0.3 is 0 Å². The zero-order chi connectivity index (χ0) is 6.41. The lowest BCUT2D eigenvalue weighted by molar-refractivity contribution is 0.164. The molecule has 0 saturated heterocycles. The minimum atomic E-state index is -1.22. The molecule has 0 aliphatic carbocycles. The van der Waals surface area contributed by atoms with Crippen molar-refractivity contribution in [3.63, 3.8) is 0 Å². The summed E-state index contributed by atoms with van der Waals surface area (Å²) in [4.78, 5) is 0. The first-order chi connectivity index (χ1) is 3.77. The highest BCUT2D eigenvalue weighted by molar-refractivity contribution is 8.08. The van der Waals surface area contributed by atoms with Gasteiger partial charge in [0.2, 0.25) is 0 Å². The molecule has 0 aromatic carbocycles. The van der Waals surface area contributed by atoms with Crippen LogP contribution in [0.2, 0.25) is 0 Å². The Labute approximate surface area is 56.1 Å². The second kappa shape index (κ2) is 5.54. The molecule has 0 spiro atoms. The van der Waals surface area contributed by atoms with E-state index >= 15 is 0 Å². The molecule has 0 aromatic heterocycles. The maximum absolute atomic E-state index is 10.1.